The van der Waals surface area contributed by atoms with Gasteiger partial charge in [-0.05, 0) is 49.1 Å². The fraction of sp³-hybridized carbons (Fsp3) is 0.588. The van der Waals surface area contributed by atoms with E-state index in [-0.39, 0.29) is 5.92 Å². The van der Waals surface area contributed by atoms with Gasteiger partial charge < -0.3 is 4.90 Å². The molecular weight excluding hydrogens is 314 g/mol. The molecule has 0 spiro atoms. The lowest BCUT2D eigenvalue weighted by Gasteiger charge is -2.20. The van der Waals surface area contributed by atoms with Crippen LogP contribution in [0, 0.1) is 11.8 Å². The Balaban J connectivity index is 1.73. The number of rotatable bonds is 5. The Kier molecular flexibility index (Phi) is 4.16. The van der Waals surface area contributed by atoms with Crippen LogP contribution in [0.4, 0.5) is 0 Å². The van der Waals surface area contributed by atoms with Crippen LogP contribution >= 0.6 is 15.9 Å². The smallest absolute Gasteiger partial charge is 0.226 e. The summed E-state index contributed by atoms with van der Waals surface area (Å²) in [6.07, 6.45) is 3.38. The minimum Gasteiger partial charge on any atom is -0.343 e. The van der Waals surface area contributed by atoms with E-state index in [4.69, 9.17) is 0 Å². The van der Waals surface area contributed by atoms with Crippen LogP contribution in [0.15, 0.2) is 24.3 Å². The Morgan fingerprint density at radius 1 is 1.40 bits per heavy atom. The molecule has 0 radical (unpaired) electrons. The van der Waals surface area contributed by atoms with Crippen molar-refractivity contribution in [3.63, 3.8) is 0 Å². The molecule has 0 aromatic heterocycles. The van der Waals surface area contributed by atoms with Gasteiger partial charge in [-0.2, -0.15) is 0 Å². The van der Waals surface area contributed by atoms with Crippen LogP contribution in [-0.2, 0) is 11.2 Å². The molecule has 0 aliphatic heterocycles. The molecule has 0 bridgehead atoms. The van der Waals surface area contributed by atoms with E-state index in [0.29, 0.717) is 17.7 Å². The lowest BCUT2D eigenvalue weighted by atomic mass is 9.92. The third-order valence-corrected chi connectivity index (χ3v) is 5.43. The molecule has 3 unspecified atom stereocenters. The van der Waals surface area contributed by atoms with E-state index in [1.54, 1.807) is 0 Å². The van der Waals surface area contributed by atoms with Gasteiger partial charge in [0, 0.05) is 24.3 Å². The van der Waals surface area contributed by atoms with E-state index in [1.165, 1.54) is 17.5 Å². The van der Waals surface area contributed by atoms with E-state index in [9.17, 15) is 4.79 Å². The van der Waals surface area contributed by atoms with Crippen molar-refractivity contribution in [3.05, 3.63) is 35.4 Å². The monoisotopic (exact) mass is 335 g/mol. The second-order valence-corrected chi connectivity index (χ2v) is 6.71. The molecule has 3 heteroatoms. The number of carbonyl (C=O) groups excluding carboxylic acids is 1. The van der Waals surface area contributed by atoms with E-state index < -0.39 is 0 Å². The average Bonchev–Trinajstić information content (AvgIpc) is 3.22. The summed E-state index contributed by atoms with van der Waals surface area (Å²) in [7, 11) is 0. The van der Waals surface area contributed by atoms with Gasteiger partial charge in [-0.3, -0.25) is 4.79 Å². The minimum absolute atomic E-state index is 0.258. The summed E-state index contributed by atoms with van der Waals surface area (Å²) in [5.74, 6) is 1.76. The molecule has 1 fully saturated rings. The summed E-state index contributed by atoms with van der Waals surface area (Å²) in [6.45, 7) is 3.81. The first kappa shape index (κ1) is 14.1. The molecule has 1 saturated carbocycles. The summed E-state index contributed by atoms with van der Waals surface area (Å²) in [4.78, 5) is 14.8. The minimum atomic E-state index is 0.258. The van der Waals surface area contributed by atoms with Gasteiger partial charge >= 0.3 is 0 Å². The van der Waals surface area contributed by atoms with Crippen molar-refractivity contribution in [1.82, 2.24) is 4.90 Å². The molecule has 0 N–H and O–H groups in total. The van der Waals surface area contributed by atoms with Crippen LogP contribution < -0.4 is 0 Å². The third-order valence-electron chi connectivity index (χ3n) is 4.87. The lowest BCUT2D eigenvalue weighted by molar-refractivity contribution is -0.132. The molecular formula is C17H22BrNO. The summed E-state index contributed by atoms with van der Waals surface area (Å²) < 4.78 is 0. The topological polar surface area (TPSA) is 20.3 Å². The number of benzene rings is 1. The number of alkyl halides is 1. The maximum Gasteiger partial charge on any atom is 0.226 e. The maximum absolute atomic E-state index is 12.7. The first-order valence-corrected chi connectivity index (χ1v) is 8.82. The SMILES string of the molecule is CCN(CCCBr)C(=O)C1C2CCc3ccccc3C21. The van der Waals surface area contributed by atoms with Crippen molar-refractivity contribution < 1.29 is 4.79 Å². The molecule has 108 valence electrons. The highest BCUT2D eigenvalue weighted by Crippen LogP contribution is 2.60. The number of amides is 1. The Hall–Kier alpha value is -0.830. The largest absolute Gasteiger partial charge is 0.343 e. The number of nitrogens with zero attached hydrogens (tertiary/aromatic N) is 1. The molecule has 20 heavy (non-hydrogen) atoms. The van der Waals surface area contributed by atoms with Crippen LogP contribution in [0.1, 0.15) is 36.8 Å². The first-order chi connectivity index (χ1) is 9.77. The Morgan fingerprint density at radius 3 is 2.95 bits per heavy atom. The summed E-state index contributed by atoms with van der Waals surface area (Å²) >= 11 is 3.45. The van der Waals surface area contributed by atoms with Crippen LogP contribution in [0.25, 0.3) is 0 Å². The van der Waals surface area contributed by atoms with Crippen LogP contribution in [-0.4, -0.2) is 29.2 Å². The highest BCUT2D eigenvalue weighted by molar-refractivity contribution is 9.09. The third kappa shape index (κ3) is 2.41. The van der Waals surface area contributed by atoms with Crippen molar-refractivity contribution >= 4 is 21.8 Å². The molecule has 1 aromatic carbocycles. The molecule has 2 nitrogen and oxygen atoms in total. The lowest BCUT2D eigenvalue weighted by Crippen LogP contribution is -2.33. The van der Waals surface area contributed by atoms with Crippen molar-refractivity contribution in [1.29, 1.82) is 0 Å². The molecule has 3 atom stereocenters. The number of halogens is 1. The first-order valence-electron chi connectivity index (χ1n) is 7.70. The molecule has 0 saturated heterocycles. The van der Waals surface area contributed by atoms with Crippen LogP contribution in [0.5, 0.6) is 0 Å². The van der Waals surface area contributed by atoms with E-state index in [0.717, 1.165) is 31.3 Å². The van der Waals surface area contributed by atoms with Gasteiger partial charge in [0.15, 0.2) is 0 Å². The number of fused-ring (bicyclic) bond motifs is 3. The zero-order valence-corrected chi connectivity index (χ0v) is 13.6. The number of carbonyl (C=O) groups is 1. The average molecular weight is 336 g/mol. The maximum atomic E-state index is 12.7. The van der Waals surface area contributed by atoms with Crippen molar-refractivity contribution in [2.75, 3.05) is 18.4 Å². The normalized spacial score (nSPS) is 26.6. The zero-order chi connectivity index (χ0) is 14.1. The van der Waals surface area contributed by atoms with Gasteiger partial charge in [0.1, 0.15) is 0 Å². The quantitative estimate of drug-likeness (QED) is 0.753. The Labute approximate surface area is 129 Å². The fourth-order valence-corrected chi connectivity index (χ4v) is 4.04. The van der Waals surface area contributed by atoms with Gasteiger partial charge in [0.25, 0.3) is 0 Å². The number of hydrogen-bond acceptors (Lipinski definition) is 1. The number of aryl methyl sites for hydroxylation is 1. The van der Waals surface area contributed by atoms with Crippen LogP contribution in [0.2, 0.25) is 0 Å². The second-order valence-electron chi connectivity index (χ2n) is 5.91. The van der Waals surface area contributed by atoms with Gasteiger partial charge in [-0.1, -0.05) is 40.2 Å². The predicted octanol–water partition coefficient (Wildman–Crippen LogP) is 3.60. The van der Waals surface area contributed by atoms with Crippen molar-refractivity contribution in [3.8, 4) is 0 Å². The molecule has 0 heterocycles. The predicted molar refractivity (Wildman–Crippen MR) is 85.1 cm³/mol. The molecule has 1 amide bonds. The molecule has 2 aliphatic rings. The molecule has 1 aromatic rings. The highest BCUT2D eigenvalue weighted by atomic mass is 79.9. The molecule has 3 rings (SSSR count). The zero-order valence-electron chi connectivity index (χ0n) is 12.0. The van der Waals surface area contributed by atoms with E-state index >= 15 is 0 Å². The summed E-state index contributed by atoms with van der Waals surface area (Å²) in [5, 5.41) is 0.969. The molecule has 2 aliphatic carbocycles. The van der Waals surface area contributed by atoms with Gasteiger partial charge in [0.05, 0.1) is 0 Å². The Morgan fingerprint density at radius 2 is 2.20 bits per heavy atom. The van der Waals surface area contributed by atoms with Crippen LogP contribution in [0.3, 0.4) is 0 Å². The van der Waals surface area contributed by atoms with Gasteiger partial charge in [-0.15, -0.1) is 0 Å². The second kappa shape index (κ2) is 5.88. The van der Waals surface area contributed by atoms with Crippen molar-refractivity contribution in [2.45, 2.75) is 32.1 Å². The van der Waals surface area contributed by atoms with Crippen molar-refractivity contribution in [2.24, 2.45) is 11.8 Å². The van der Waals surface area contributed by atoms with E-state index in [1.807, 2.05) is 4.90 Å². The Bertz CT molecular complexity index is 502. The highest BCUT2D eigenvalue weighted by Gasteiger charge is 2.57. The number of hydrogen-bond donors (Lipinski definition) is 0. The van der Waals surface area contributed by atoms with Gasteiger partial charge in [0.2, 0.25) is 5.91 Å². The summed E-state index contributed by atoms with van der Waals surface area (Å²) in [6, 6.07) is 8.69. The fourth-order valence-electron chi connectivity index (χ4n) is 3.79. The van der Waals surface area contributed by atoms with E-state index in [2.05, 4.69) is 47.1 Å². The standard InChI is InChI=1S/C17H22BrNO/c1-2-19(11-5-10-18)17(20)16-14-9-8-12-6-3-4-7-13(12)15(14)16/h3-4,6-7,14-16H,2,5,8-11H2,1H3. The summed E-state index contributed by atoms with van der Waals surface area (Å²) in [5.41, 5.74) is 2.91. The van der Waals surface area contributed by atoms with Gasteiger partial charge in [-0.25, -0.2) is 0 Å².